The summed E-state index contributed by atoms with van der Waals surface area (Å²) < 4.78 is 0. The third-order valence-electron chi connectivity index (χ3n) is 4.09. The van der Waals surface area contributed by atoms with Gasteiger partial charge in [-0.05, 0) is 16.7 Å². The van der Waals surface area contributed by atoms with Gasteiger partial charge in [0.25, 0.3) is 0 Å². The summed E-state index contributed by atoms with van der Waals surface area (Å²) in [5.74, 6) is 6.41. The summed E-state index contributed by atoms with van der Waals surface area (Å²) in [5, 5.41) is 2.88. The van der Waals surface area contributed by atoms with E-state index in [9.17, 15) is 4.79 Å². The van der Waals surface area contributed by atoms with Crippen molar-refractivity contribution in [2.75, 3.05) is 6.54 Å². The van der Waals surface area contributed by atoms with Gasteiger partial charge in [0, 0.05) is 0 Å². The lowest BCUT2D eigenvalue weighted by atomic mass is 9.92. The molecule has 0 bridgehead atoms. The minimum atomic E-state index is -0.0125. The maximum Gasteiger partial charge on any atom is 0.225 e. The van der Waals surface area contributed by atoms with Crippen LogP contribution in [-0.2, 0) is 11.2 Å². The first kappa shape index (κ1) is 17.5. The van der Waals surface area contributed by atoms with E-state index in [1.165, 1.54) is 0 Å². The Morgan fingerprint density at radius 3 is 1.81 bits per heavy atom. The fourth-order valence-corrected chi connectivity index (χ4v) is 2.79. The van der Waals surface area contributed by atoms with Crippen LogP contribution in [0, 0.1) is 11.8 Å². The minimum Gasteiger partial charge on any atom is -0.345 e. The van der Waals surface area contributed by atoms with Gasteiger partial charge in [-0.3, -0.25) is 4.79 Å². The molecule has 2 heteroatoms. The minimum absolute atomic E-state index is 0.00317. The van der Waals surface area contributed by atoms with Crippen molar-refractivity contribution in [1.82, 2.24) is 5.32 Å². The van der Waals surface area contributed by atoms with Gasteiger partial charge in [-0.1, -0.05) is 103 Å². The Bertz CT molecular complexity index is 838. The first-order valence-electron chi connectivity index (χ1n) is 8.72. The number of carbonyl (C=O) groups excluding carboxylic acids is 1. The van der Waals surface area contributed by atoms with Crippen LogP contribution in [0.5, 0.6) is 0 Å². The number of hydrogen-bond acceptors (Lipinski definition) is 1. The smallest absolute Gasteiger partial charge is 0.225 e. The normalized spacial score (nSPS) is 10.0. The van der Waals surface area contributed by atoms with Gasteiger partial charge < -0.3 is 5.32 Å². The third-order valence-corrected chi connectivity index (χ3v) is 4.09. The van der Waals surface area contributed by atoms with E-state index < -0.39 is 0 Å². The van der Waals surface area contributed by atoms with Gasteiger partial charge in [-0.2, -0.15) is 0 Å². The van der Waals surface area contributed by atoms with E-state index in [0.29, 0.717) is 13.0 Å². The third kappa shape index (κ3) is 5.09. The van der Waals surface area contributed by atoms with E-state index in [2.05, 4.69) is 41.4 Å². The van der Waals surface area contributed by atoms with Crippen LogP contribution >= 0.6 is 0 Å². The second kappa shape index (κ2) is 9.25. The predicted molar refractivity (Wildman–Crippen MR) is 106 cm³/mol. The van der Waals surface area contributed by atoms with Crippen LogP contribution in [0.15, 0.2) is 91.0 Å². The molecule has 0 fully saturated rings. The molecule has 0 heterocycles. The summed E-state index contributed by atoms with van der Waals surface area (Å²) in [6.45, 7) is 0.349. The fourth-order valence-electron chi connectivity index (χ4n) is 2.79. The van der Waals surface area contributed by atoms with Gasteiger partial charge in [0.2, 0.25) is 5.91 Å². The molecule has 0 unspecified atom stereocenters. The highest BCUT2D eigenvalue weighted by atomic mass is 16.1. The first-order chi connectivity index (χ1) is 12.8. The molecule has 0 saturated carbocycles. The van der Waals surface area contributed by atoms with E-state index in [1.807, 2.05) is 66.7 Å². The zero-order valence-electron chi connectivity index (χ0n) is 14.6. The molecule has 1 amide bonds. The molecule has 1 N–H and O–H groups in total. The van der Waals surface area contributed by atoms with Crippen LogP contribution in [-0.4, -0.2) is 12.5 Å². The summed E-state index contributed by atoms with van der Waals surface area (Å²) in [6.07, 6.45) is 0.378. The average Bonchev–Trinajstić information content (AvgIpc) is 2.70. The Labute approximate surface area is 154 Å². The van der Waals surface area contributed by atoms with Crippen LogP contribution in [0.3, 0.4) is 0 Å². The largest absolute Gasteiger partial charge is 0.345 e. The molecule has 0 saturated heterocycles. The lowest BCUT2D eigenvalue weighted by Crippen LogP contribution is -2.25. The number of nitrogens with one attached hydrogen (secondary N) is 1. The summed E-state index contributed by atoms with van der Waals surface area (Å²) >= 11 is 0. The zero-order valence-corrected chi connectivity index (χ0v) is 14.6. The lowest BCUT2D eigenvalue weighted by molar-refractivity contribution is -0.120. The molecule has 128 valence electrons. The summed E-state index contributed by atoms with van der Waals surface area (Å²) in [7, 11) is 0. The number of hydrogen-bond donors (Lipinski definition) is 1. The van der Waals surface area contributed by atoms with Gasteiger partial charge in [0.05, 0.1) is 18.9 Å². The molecule has 0 aliphatic heterocycles. The van der Waals surface area contributed by atoms with E-state index in [1.54, 1.807) is 0 Å². The highest BCUT2D eigenvalue weighted by Gasteiger charge is 2.10. The van der Waals surface area contributed by atoms with Crippen LogP contribution < -0.4 is 5.32 Å². The second-order valence-corrected chi connectivity index (χ2v) is 6.01. The van der Waals surface area contributed by atoms with Gasteiger partial charge >= 0.3 is 0 Å². The molecular formula is C24H21NO. The molecule has 0 radical (unpaired) electrons. The molecule has 3 aromatic carbocycles. The Morgan fingerprint density at radius 2 is 1.27 bits per heavy atom. The summed E-state index contributed by atoms with van der Waals surface area (Å²) in [4.78, 5) is 12.0. The van der Waals surface area contributed by atoms with Gasteiger partial charge in [-0.25, -0.2) is 0 Å². The molecule has 0 aliphatic carbocycles. The Kier molecular flexibility index (Phi) is 6.23. The molecule has 0 spiro atoms. The average molecular weight is 339 g/mol. The monoisotopic (exact) mass is 339 g/mol. The van der Waals surface area contributed by atoms with Gasteiger partial charge in [-0.15, -0.1) is 0 Å². The van der Waals surface area contributed by atoms with E-state index >= 15 is 0 Å². The first-order valence-corrected chi connectivity index (χ1v) is 8.72. The second-order valence-electron chi connectivity index (χ2n) is 6.01. The van der Waals surface area contributed by atoms with Crippen molar-refractivity contribution in [3.63, 3.8) is 0 Å². The standard InChI is InChI=1S/C24H21NO/c26-24(19-20-11-4-1-5-12-20)25-18-10-17-23(21-13-6-2-7-14-21)22-15-8-3-9-16-22/h1-9,11-16,23H,18-19H2,(H,25,26). The lowest BCUT2D eigenvalue weighted by Gasteiger charge is -2.11. The molecule has 3 rings (SSSR count). The van der Waals surface area contributed by atoms with Crippen molar-refractivity contribution in [2.24, 2.45) is 0 Å². The summed E-state index contributed by atoms with van der Waals surface area (Å²) in [6, 6.07) is 30.1. The van der Waals surface area contributed by atoms with Crippen molar-refractivity contribution in [1.29, 1.82) is 0 Å². The van der Waals surface area contributed by atoms with Gasteiger partial charge in [0.1, 0.15) is 0 Å². The van der Waals surface area contributed by atoms with Crippen molar-refractivity contribution in [2.45, 2.75) is 12.3 Å². The summed E-state index contributed by atoms with van der Waals surface area (Å²) in [5.41, 5.74) is 3.31. The highest BCUT2D eigenvalue weighted by molar-refractivity contribution is 5.78. The van der Waals surface area contributed by atoms with Crippen LogP contribution in [0.2, 0.25) is 0 Å². The predicted octanol–water partition coefficient (Wildman–Crippen LogP) is 4.18. The number of carbonyl (C=O) groups is 1. The molecule has 3 aromatic rings. The zero-order chi connectivity index (χ0) is 18.0. The van der Waals surface area contributed by atoms with Crippen LogP contribution in [0.4, 0.5) is 0 Å². The highest BCUT2D eigenvalue weighted by Crippen LogP contribution is 2.23. The van der Waals surface area contributed by atoms with Crippen molar-refractivity contribution < 1.29 is 4.79 Å². The quantitative estimate of drug-likeness (QED) is 0.694. The number of amides is 1. The Balaban J connectivity index is 1.64. The van der Waals surface area contributed by atoms with Crippen molar-refractivity contribution in [3.8, 4) is 11.8 Å². The molecular weight excluding hydrogens is 318 g/mol. The molecule has 26 heavy (non-hydrogen) atoms. The molecule has 0 aliphatic rings. The van der Waals surface area contributed by atoms with E-state index in [0.717, 1.165) is 16.7 Å². The van der Waals surface area contributed by atoms with E-state index in [4.69, 9.17) is 0 Å². The molecule has 0 aromatic heterocycles. The fraction of sp³-hybridized carbons (Fsp3) is 0.125. The maximum absolute atomic E-state index is 12.0. The number of benzene rings is 3. The van der Waals surface area contributed by atoms with Crippen molar-refractivity contribution in [3.05, 3.63) is 108 Å². The van der Waals surface area contributed by atoms with E-state index in [-0.39, 0.29) is 11.8 Å². The Hall–Kier alpha value is -3.31. The van der Waals surface area contributed by atoms with Gasteiger partial charge in [0.15, 0.2) is 0 Å². The maximum atomic E-state index is 12.0. The van der Waals surface area contributed by atoms with Crippen LogP contribution in [0.25, 0.3) is 0 Å². The van der Waals surface area contributed by atoms with Crippen LogP contribution in [0.1, 0.15) is 22.6 Å². The number of rotatable bonds is 5. The SMILES string of the molecule is O=C(Cc1ccccc1)NCC#CC(c1ccccc1)c1ccccc1. The Morgan fingerprint density at radius 1 is 0.769 bits per heavy atom. The molecule has 0 atom stereocenters. The van der Waals surface area contributed by atoms with Crippen molar-refractivity contribution >= 4 is 5.91 Å². The molecule has 2 nitrogen and oxygen atoms in total. The topological polar surface area (TPSA) is 29.1 Å².